The Labute approximate surface area is 179 Å². The summed E-state index contributed by atoms with van der Waals surface area (Å²) in [5, 5.41) is 11.0. The number of aliphatic hydroxyl groups is 1. The van der Waals surface area contributed by atoms with Gasteiger partial charge in [-0.05, 0) is 47.1 Å². The summed E-state index contributed by atoms with van der Waals surface area (Å²) in [5.41, 5.74) is 4.94. The molecule has 0 bridgehead atoms. The van der Waals surface area contributed by atoms with E-state index in [2.05, 4.69) is 4.99 Å². The van der Waals surface area contributed by atoms with Crippen molar-refractivity contribution in [2.75, 3.05) is 20.7 Å². The fraction of sp³-hybridized carbons (Fsp3) is 0.435. The number of likely N-dealkylation sites (N-methyl/N-ethyl adjacent to an activating group) is 1. The van der Waals surface area contributed by atoms with E-state index in [0.717, 1.165) is 34.5 Å². The number of thioether (sulfide) groups is 1. The number of carbonyl (C=O) groups is 2. The highest BCUT2D eigenvalue weighted by Gasteiger charge is 2.46. The van der Waals surface area contributed by atoms with Gasteiger partial charge in [0.1, 0.15) is 5.76 Å². The van der Waals surface area contributed by atoms with E-state index in [-0.39, 0.29) is 23.4 Å². The lowest BCUT2D eigenvalue weighted by molar-refractivity contribution is -0.132. The van der Waals surface area contributed by atoms with Crippen LogP contribution in [0.3, 0.4) is 0 Å². The Morgan fingerprint density at radius 1 is 1.23 bits per heavy atom. The van der Waals surface area contributed by atoms with Crippen molar-refractivity contribution in [1.82, 2.24) is 4.90 Å². The third-order valence-electron chi connectivity index (χ3n) is 6.59. The lowest BCUT2D eigenvalue weighted by atomic mass is 9.80. The molecule has 5 aliphatic rings. The maximum absolute atomic E-state index is 13.1. The molecule has 156 valence electrons. The first-order chi connectivity index (χ1) is 14.5. The number of aliphatic imine (C=N–C) groups is 1. The molecular formula is C23H24N2O4S. The summed E-state index contributed by atoms with van der Waals surface area (Å²) >= 11 is 1.23. The van der Waals surface area contributed by atoms with E-state index in [4.69, 9.17) is 4.74 Å². The summed E-state index contributed by atoms with van der Waals surface area (Å²) in [4.78, 5) is 32.1. The van der Waals surface area contributed by atoms with E-state index in [1.54, 1.807) is 18.0 Å². The van der Waals surface area contributed by atoms with Crippen LogP contribution < -0.4 is 0 Å². The highest BCUT2D eigenvalue weighted by atomic mass is 32.2. The number of amides is 1. The summed E-state index contributed by atoms with van der Waals surface area (Å²) < 4.78 is 4.90. The molecule has 3 aliphatic carbocycles. The van der Waals surface area contributed by atoms with Gasteiger partial charge in [0.05, 0.1) is 25.1 Å². The Bertz CT molecular complexity index is 1040. The van der Waals surface area contributed by atoms with Crippen LogP contribution in [0.5, 0.6) is 0 Å². The van der Waals surface area contributed by atoms with E-state index < -0.39 is 5.97 Å². The molecule has 1 saturated carbocycles. The number of rotatable bonds is 2. The first-order valence-electron chi connectivity index (χ1n) is 10.4. The number of nitrogens with zero attached hydrogens (tertiary/aromatic N) is 2. The molecule has 30 heavy (non-hydrogen) atoms. The molecule has 1 fully saturated rings. The summed E-state index contributed by atoms with van der Waals surface area (Å²) in [6, 6.07) is 0. The highest BCUT2D eigenvalue weighted by Crippen LogP contribution is 2.57. The topological polar surface area (TPSA) is 79.2 Å². The molecule has 5 rings (SSSR count). The number of fused-ring (bicyclic) bond motifs is 4. The van der Waals surface area contributed by atoms with Crippen molar-refractivity contribution in [1.29, 1.82) is 0 Å². The number of aliphatic hydroxyl groups excluding tert-OH is 1. The molecule has 2 heterocycles. The molecule has 1 N–H and O–H groups in total. The van der Waals surface area contributed by atoms with Crippen LogP contribution in [0.15, 0.2) is 61.9 Å². The van der Waals surface area contributed by atoms with Gasteiger partial charge in [0, 0.05) is 18.2 Å². The molecule has 0 saturated heterocycles. The van der Waals surface area contributed by atoms with Crippen LogP contribution in [0.4, 0.5) is 0 Å². The number of hydrogen-bond acceptors (Lipinski definition) is 6. The van der Waals surface area contributed by atoms with Crippen LogP contribution in [-0.2, 0) is 14.3 Å². The molecule has 0 radical (unpaired) electrons. The molecule has 1 amide bonds. The molecule has 0 aromatic heterocycles. The van der Waals surface area contributed by atoms with Crippen LogP contribution >= 0.6 is 11.8 Å². The van der Waals surface area contributed by atoms with Crippen LogP contribution in [0, 0.1) is 11.8 Å². The Hall–Kier alpha value is -2.54. The average Bonchev–Trinajstić information content (AvgIpc) is 3.27. The van der Waals surface area contributed by atoms with Gasteiger partial charge >= 0.3 is 5.97 Å². The van der Waals surface area contributed by atoms with Crippen molar-refractivity contribution < 1.29 is 19.4 Å². The zero-order valence-electron chi connectivity index (χ0n) is 17.1. The van der Waals surface area contributed by atoms with Crippen LogP contribution in [0.2, 0.25) is 0 Å². The Kier molecular flexibility index (Phi) is 4.73. The van der Waals surface area contributed by atoms with Crippen molar-refractivity contribution in [3.05, 3.63) is 56.9 Å². The van der Waals surface area contributed by atoms with Gasteiger partial charge in [0.25, 0.3) is 5.91 Å². The molecule has 1 atom stereocenters. The van der Waals surface area contributed by atoms with E-state index in [0.29, 0.717) is 17.3 Å². The third-order valence-corrected chi connectivity index (χ3v) is 7.73. The fourth-order valence-electron chi connectivity index (χ4n) is 5.22. The second-order valence-corrected chi connectivity index (χ2v) is 9.29. The monoisotopic (exact) mass is 424 g/mol. The largest absolute Gasteiger partial charge is 0.511 e. The number of allylic oxidation sites excluding steroid dienone is 5. The molecule has 0 aromatic rings. The van der Waals surface area contributed by atoms with Crippen molar-refractivity contribution in [2.45, 2.75) is 32.1 Å². The first kappa shape index (κ1) is 19.4. The quantitative estimate of drug-likeness (QED) is 0.682. The van der Waals surface area contributed by atoms with Crippen LogP contribution in [-0.4, -0.2) is 47.6 Å². The first-order valence-corrected chi connectivity index (χ1v) is 11.2. The predicted octanol–water partition coefficient (Wildman–Crippen LogP) is 3.80. The molecule has 6 nitrogen and oxygen atoms in total. The standard InChI is InChI=1S/C23H24N2O4S/c1-25-11-15-18-13(8-9-16(18)26)17(12-6-4-3-5-7-12)19(15)20-14(22(25)27)10-24-21(30-20)23(28)29-2/h8-9,11-12,18,26H,3-7,10H2,1-2H3. The van der Waals surface area contributed by atoms with Gasteiger partial charge in [-0.25, -0.2) is 4.79 Å². The number of hydrogen-bond donors (Lipinski definition) is 1. The van der Waals surface area contributed by atoms with Crippen LogP contribution in [0.25, 0.3) is 0 Å². The normalized spacial score (nSPS) is 26.4. The predicted molar refractivity (Wildman–Crippen MR) is 116 cm³/mol. The summed E-state index contributed by atoms with van der Waals surface area (Å²) in [5.74, 6) is -0.134. The summed E-state index contributed by atoms with van der Waals surface area (Å²) in [7, 11) is 3.08. The molecular weight excluding hydrogens is 400 g/mol. The summed E-state index contributed by atoms with van der Waals surface area (Å²) in [6.07, 6.45) is 11.5. The minimum Gasteiger partial charge on any atom is -0.511 e. The molecule has 0 aromatic carbocycles. The van der Waals surface area contributed by atoms with E-state index in [9.17, 15) is 14.7 Å². The van der Waals surface area contributed by atoms with Crippen molar-refractivity contribution in [3.63, 3.8) is 0 Å². The smallest absolute Gasteiger partial charge is 0.363 e. The Morgan fingerprint density at radius 2 is 2.00 bits per heavy atom. The van der Waals surface area contributed by atoms with Gasteiger partial charge in [-0.1, -0.05) is 37.1 Å². The minimum absolute atomic E-state index is 0.116. The molecule has 7 heteroatoms. The van der Waals surface area contributed by atoms with Gasteiger partial charge in [-0.3, -0.25) is 9.79 Å². The number of ether oxygens (including phenoxy) is 1. The van der Waals surface area contributed by atoms with Gasteiger partial charge < -0.3 is 14.7 Å². The van der Waals surface area contributed by atoms with Crippen molar-refractivity contribution in [2.24, 2.45) is 16.8 Å². The van der Waals surface area contributed by atoms with Crippen LogP contribution in [0.1, 0.15) is 32.1 Å². The number of esters is 1. The highest BCUT2D eigenvalue weighted by molar-refractivity contribution is 8.19. The second-order valence-electron chi connectivity index (χ2n) is 8.29. The van der Waals surface area contributed by atoms with E-state index in [1.807, 2.05) is 12.3 Å². The minimum atomic E-state index is -0.484. The number of methoxy groups -OCH3 is 1. The fourth-order valence-corrected chi connectivity index (χ4v) is 6.31. The second kappa shape index (κ2) is 7.30. The van der Waals surface area contributed by atoms with Crippen molar-refractivity contribution in [3.8, 4) is 0 Å². The van der Waals surface area contributed by atoms with Crippen molar-refractivity contribution >= 4 is 28.7 Å². The average molecular weight is 425 g/mol. The SMILES string of the molecule is COC(=O)C1=NCC2=C(S1)C1=C(C3CCCCC3)C3=CC=C(O)C3C1=CN(C)C2=O. The van der Waals surface area contributed by atoms with E-state index in [1.165, 1.54) is 43.7 Å². The lowest BCUT2D eigenvalue weighted by Gasteiger charge is -2.26. The van der Waals surface area contributed by atoms with Gasteiger partial charge in [-0.15, -0.1) is 0 Å². The zero-order chi connectivity index (χ0) is 21.0. The van der Waals surface area contributed by atoms with Gasteiger partial charge in [0.15, 0.2) is 5.04 Å². The molecule has 2 aliphatic heterocycles. The molecule has 1 unspecified atom stereocenters. The molecule has 0 spiro atoms. The maximum atomic E-state index is 13.1. The number of carbonyl (C=O) groups excluding carboxylic acids is 2. The van der Waals surface area contributed by atoms with Gasteiger partial charge in [0.2, 0.25) is 0 Å². The van der Waals surface area contributed by atoms with E-state index >= 15 is 0 Å². The zero-order valence-corrected chi connectivity index (χ0v) is 17.9. The maximum Gasteiger partial charge on any atom is 0.363 e. The lowest BCUT2D eigenvalue weighted by Crippen LogP contribution is -2.27. The third kappa shape index (κ3) is 2.82. The summed E-state index contributed by atoms with van der Waals surface area (Å²) in [6.45, 7) is 0.157. The Morgan fingerprint density at radius 3 is 2.73 bits per heavy atom. The van der Waals surface area contributed by atoms with Gasteiger partial charge in [-0.2, -0.15) is 0 Å². The Balaban J connectivity index is 1.71.